The Morgan fingerprint density at radius 1 is 0.500 bits per heavy atom. The maximum Gasteiger partial charge on any atom is 0.160 e. The molecule has 4 fully saturated rings. The van der Waals surface area contributed by atoms with Gasteiger partial charge in [0.2, 0.25) is 0 Å². The van der Waals surface area contributed by atoms with Crippen molar-refractivity contribution in [3.05, 3.63) is 47.5 Å². The Kier molecular flexibility index (Phi) is 25.2. The second-order valence-corrected chi connectivity index (χ2v) is 15.2. The molecule has 0 spiro atoms. The summed E-state index contributed by atoms with van der Waals surface area (Å²) in [6.07, 6.45) is 15.7. The molecule has 2 saturated carbocycles. The Hall–Kier alpha value is -1.12. The van der Waals surface area contributed by atoms with E-state index < -0.39 is 0 Å². The molecule has 0 aromatic heterocycles. The molecule has 8 nitrogen and oxygen atoms in total. The third kappa shape index (κ3) is 14.7. The van der Waals surface area contributed by atoms with E-state index >= 15 is 0 Å². The molecular formula is C42H74N2O6S4. The minimum absolute atomic E-state index is 0. The molecule has 2 aliphatic heterocycles. The highest BCUT2D eigenvalue weighted by Gasteiger charge is 2.35. The van der Waals surface area contributed by atoms with Crippen LogP contribution in [0.2, 0.25) is 0 Å². The van der Waals surface area contributed by atoms with E-state index in [0.717, 1.165) is 60.9 Å². The fourth-order valence-electron chi connectivity index (χ4n) is 8.65. The summed E-state index contributed by atoms with van der Waals surface area (Å²) in [5.41, 5.74) is 2.47. The molecular weight excluding hydrogens is 757 g/mol. The molecule has 0 amide bonds. The number of rotatable bonds is 14. The van der Waals surface area contributed by atoms with Gasteiger partial charge in [-0.15, -0.1) is 0 Å². The molecule has 2 saturated heterocycles. The number of benzene rings is 2. The molecule has 0 N–H and O–H groups in total. The quantitative estimate of drug-likeness (QED) is 0.189. The van der Waals surface area contributed by atoms with Crippen molar-refractivity contribution < 1.29 is 28.4 Å². The second kappa shape index (κ2) is 26.7. The normalized spacial score (nSPS) is 25.4. The highest BCUT2D eigenvalue weighted by atomic mass is 32.1. The highest BCUT2D eigenvalue weighted by Crippen LogP contribution is 2.33. The van der Waals surface area contributed by atoms with E-state index in [1.54, 1.807) is 28.4 Å². The number of likely N-dealkylation sites (tertiary alicyclic amines) is 2. The van der Waals surface area contributed by atoms with E-state index in [0.29, 0.717) is 24.3 Å². The number of ether oxygens (including phenoxy) is 6. The van der Waals surface area contributed by atoms with Crippen LogP contribution >= 0.6 is 54.0 Å². The molecule has 4 aliphatic rings. The molecule has 312 valence electrons. The molecule has 6 atom stereocenters. The molecule has 6 rings (SSSR count). The average Bonchev–Trinajstić information content (AvgIpc) is 3.79. The second-order valence-electron chi connectivity index (χ2n) is 15.2. The summed E-state index contributed by atoms with van der Waals surface area (Å²) >= 11 is 0. The number of hydrogen-bond donors (Lipinski definition) is 0. The Morgan fingerprint density at radius 2 is 0.870 bits per heavy atom. The predicted octanol–water partition coefficient (Wildman–Crippen LogP) is 8.28. The Labute approximate surface area is 355 Å². The van der Waals surface area contributed by atoms with Crippen molar-refractivity contribution in [1.82, 2.24) is 9.80 Å². The van der Waals surface area contributed by atoms with Crippen LogP contribution in [0, 0.1) is 11.8 Å². The van der Waals surface area contributed by atoms with Gasteiger partial charge in [-0.3, -0.25) is 9.80 Å². The van der Waals surface area contributed by atoms with Gasteiger partial charge in [0.05, 0.1) is 53.9 Å². The van der Waals surface area contributed by atoms with Crippen molar-refractivity contribution in [3.63, 3.8) is 0 Å². The minimum Gasteiger partial charge on any atom is -0.493 e. The first-order valence-corrected chi connectivity index (χ1v) is 19.6. The third-order valence-corrected chi connectivity index (χ3v) is 11.5. The van der Waals surface area contributed by atoms with Gasteiger partial charge in [0, 0.05) is 25.2 Å². The average molecular weight is 831 g/mol. The largest absolute Gasteiger partial charge is 0.493 e. The van der Waals surface area contributed by atoms with Gasteiger partial charge in [-0.05, 0) is 112 Å². The van der Waals surface area contributed by atoms with Crippen LogP contribution in [0.1, 0.15) is 89.2 Å². The van der Waals surface area contributed by atoms with Gasteiger partial charge >= 0.3 is 0 Å². The van der Waals surface area contributed by atoms with Gasteiger partial charge in [-0.2, -0.15) is 54.0 Å². The lowest BCUT2D eigenvalue weighted by Crippen LogP contribution is -2.45. The van der Waals surface area contributed by atoms with Crippen LogP contribution in [-0.2, 0) is 22.3 Å². The Morgan fingerprint density at radius 3 is 1.20 bits per heavy atom. The van der Waals surface area contributed by atoms with E-state index in [9.17, 15) is 0 Å². The van der Waals surface area contributed by atoms with Crippen LogP contribution in [0.4, 0.5) is 0 Å². The topological polar surface area (TPSA) is 61.9 Å². The summed E-state index contributed by atoms with van der Waals surface area (Å²) < 4.78 is 34.1. The lowest BCUT2D eigenvalue weighted by molar-refractivity contribution is -0.0298. The smallest absolute Gasteiger partial charge is 0.160 e. The first-order chi connectivity index (χ1) is 24.4. The predicted molar refractivity (Wildman–Crippen MR) is 243 cm³/mol. The Bertz CT molecular complexity index is 1210. The van der Waals surface area contributed by atoms with Crippen LogP contribution in [-0.4, -0.2) is 102 Å². The fourth-order valence-corrected chi connectivity index (χ4v) is 8.65. The molecule has 2 aliphatic carbocycles. The van der Waals surface area contributed by atoms with Gasteiger partial charge in [0.1, 0.15) is 0 Å². The molecule has 0 bridgehead atoms. The zero-order chi connectivity index (χ0) is 35.3. The van der Waals surface area contributed by atoms with E-state index in [-0.39, 0.29) is 54.0 Å². The van der Waals surface area contributed by atoms with E-state index in [2.05, 4.69) is 47.9 Å². The fraction of sp³-hybridized carbons (Fsp3) is 0.714. The monoisotopic (exact) mass is 830 g/mol. The molecule has 0 radical (unpaired) electrons. The third-order valence-electron chi connectivity index (χ3n) is 11.5. The summed E-state index contributed by atoms with van der Waals surface area (Å²) in [4.78, 5) is 5.37. The van der Waals surface area contributed by atoms with Crippen LogP contribution in [0.3, 0.4) is 0 Å². The summed E-state index contributed by atoms with van der Waals surface area (Å²) in [6, 6.07) is 13.5. The van der Waals surface area contributed by atoms with Gasteiger partial charge in [-0.25, -0.2) is 0 Å². The van der Waals surface area contributed by atoms with Crippen LogP contribution < -0.4 is 18.9 Å². The van der Waals surface area contributed by atoms with Crippen LogP contribution in [0.25, 0.3) is 0 Å². The van der Waals surface area contributed by atoms with Crippen molar-refractivity contribution in [1.29, 1.82) is 0 Å². The van der Waals surface area contributed by atoms with E-state index in [4.69, 9.17) is 28.4 Å². The minimum atomic E-state index is 0. The van der Waals surface area contributed by atoms with Crippen molar-refractivity contribution in [2.75, 3.05) is 67.8 Å². The molecule has 12 heteroatoms. The maximum atomic E-state index is 6.36. The van der Waals surface area contributed by atoms with E-state index in [1.807, 2.05) is 12.1 Å². The number of nitrogens with zero attached hydrogens (tertiary/aromatic N) is 2. The van der Waals surface area contributed by atoms with Crippen LogP contribution in [0.5, 0.6) is 23.0 Å². The molecule has 2 heterocycles. The highest BCUT2D eigenvalue weighted by molar-refractivity contribution is 7.59. The summed E-state index contributed by atoms with van der Waals surface area (Å²) in [5.74, 6) is 4.83. The van der Waals surface area contributed by atoms with Crippen molar-refractivity contribution in [2.45, 2.75) is 115 Å². The van der Waals surface area contributed by atoms with Crippen molar-refractivity contribution in [3.8, 4) is 23.0 Å². The Balaban J connectivity index is 0.000000503. The first-order valence-electron chi connectivity index (χ1n) is 19.6. The van der Waals surface area contributed by atoms with Gasteiger partial charge in [0.15, 0.2) is 23.0 Å². The molecule has 2 unspecified atom stereocenters. The van der Waals surface area contributed by atoms with Crippen molar-refractivity contribution >= 4 is 54.0 Å². The number of methoxy groups -OCH3 is 4. The van der Waals surface area contributed by atoms with Gasteiger partial charge in [-0.1, -0.05) is 51.7 Å². The zero-order valence-electron chi connectivity index (χ0n) is 34.0. The number of hydrogen-bond acceptors (Lipinski definition) is 8. The van der Waals surface area contributed by atoms with Crippen molar-refractivity contribution in [2.24, 2.45) is 11.8 Å². The van der Waals surface area contributed by atoms with Crippen LogP contribution in [0.15, 0.2) is 36.4 Å². The zero-order valence-corrected chi connectivity index (χ0v) is 38.0. The summed E-state index contributed by atoms with van der Waals surface area (Å²) in [6.45, 7) is 11.3. The van der Waals surface area contributed by atoms with Gasteiger partial charge < -0.3 is 28.4 Å². The lowest BCUT2D eigenvalue weighted by atomic mass is 9.91. The standard InChI is InChI=1S/2C21H33NO3.4H2S/c2*1-16-10-12-22(15-16)18-6-4-5-7-19(18)25-13-11-17-8-9-20(23-2)21(14-17)24-3;;;;/h2*8-9,14,16,18-19H,4-7,10-13,15H2,1-3H3;4*1H2/t16-,18?,19+;16-,18?,19-;;;;/m00..../s1. The summed E-state index contributed by atoms with van der Waals surface area (Å²) in [5, 5.41) is 0. The summed E-state index contributed by atoms with van der Waals surface area (Å²) in [7, 11) is 6.70. The lowest BCUT2D eigenvalue weighted by Gasteiger charge is -2.38. The SMILES string of the molecule is COc1ccc(CCO[C@@H]2CCCCC2N2CC[C@H](C)C2)cc1OC.COc1ccc(CCO[C@H]2CCCCC2N2CC[C@H](C)C2)cc1OC.S.S.S.S. The van der Waals surface area contributed by atoms with Gasteiger partial charge in [0.25, 0.3) is 0 Å². The maximum absolute atomic E-state index is 6.36. The first kappa shape index (κ1) is 50.9. The molecule has 54 heavy (non-hydrogen) atoms. The molecule has 2 aromatic carbocycles. The van der Waals surface area contributed by atoms with E-state index in [1.165, 1.54) is 102 Å². The molecule has 2 aromatic rings.